The number of piperidine rings is 1. The van der Waals surface area contributed by atoms with Crippen LogP contribution in [0.15, 0.2) is 23.5 Å². The fourth-order valence-electron chi connectivity index (χ4n) is 3.30. The van der Waals surface area contributed by atoms with E-state index >= 15 is 0 Å². The minimum atomic E-state index is 0.720. The van der Waals surface area contributed by atoms with E-state index in [0.29, 0.717) is 0 Å². The van der Waals surface area contributed by atoms with E-state index < -0.39 is 0 Å². The van der Waals surface area contributed by atoms with Crippen molar-refractivity contribution in [1.82, 2.24) is 20.1 Å². The quantitative estimate of drug-likeness (QED) is 0.599. The topological polar surface area (TPSA) is 44.6 Å². The SMILES string of the molecule is CCNC(=NCc1ccn(C)c1)NCCN1CCCCC1CC. The third-order valence-corrected chi connectivity index (χ3v) is 4.57. The fraction of sp³-hybridized carbons (Fsp3) is 0.722. The van der Waals surface area contributed by atoms with Crippen molar-refractivity contribution in [3.05, 3.63) is 24.0 Å². The summed E-state index contributed by atoms with van der Waals surface area (Å²) in [5.74, 6) is 0.918. The second kappa shape index (κ2) is 9.60. The number of nitrogens with zero attached hydrogens (tertiary/aromatic N) is 3. The van der Waals surface area contributed by atoms with Crippen molar-refractivity contribution in [2.45, 2.75) is 52.1 Å². The molecule has 0 radical (unpaired) electrons. The largest absolute Gasteiger partial charge is 0.357 e. The molecule has 5 heteroatoms. The van der Waals surface area contributed by atoms with Crippen LogP contribution in [0.4, 0.5) is 0 Å². The van der Waals surface area contributed by atoms with Crippen LogP contribution in [-0.4, -0.2) is 47.6 Å². The first-order valence-electron chi connectivity index (χ1n) is 9.10. The molecule has 1 saturated heterocycles. The smallest absolute Gasteiger partial charge is 0.191 e. The lowest BCUT2D eigenvalue weighted by atomic mass is 10.0. The molecule has 1 aromatic rings. The van der Waals surface area contributed by atoms with E-state index in [-0.39, 0.29) is 0 Å². The normalized spacial score (nSPS) is 19.8. The highest BCUT2D eigenvalue weighted by Crippen LogP contribution is 2.18. The summed E-state index contributed by atoms with van der Waals surface area (Å²) in [6.07, 6.45) is 9.54. The number of rotatable bonds is 7. The molecular formula is C18H33N5. The summed E-state index contributed by atoms with van der Waals surface area (Å²) in [4.78, 5) is 7.32. The number of aromatic nitrogens is 1. The number of nitrogens with one attached hydrogen (secondary N) is 2. The zero-order valence-corrected chi connectivity index (χ0v) is 15.0. The van der Waals surface area contributed by atoms with Gasteiger partial charge in [-0.05, 0) is 44.4 Å². The summed E-state index contributed by atoms with van der Waals surface area (Å²) in [6, 6.07) is 2.89. The lowest BCUT2D eigenvalue weighted by molar-refractivity contribution is 0.147. The second-order valence-electron chi connectivity index (χ2n) is 6.40. The summed E-state index contributed by atoms with van der Waals surface area (Å²) >= 11 is 0. The number of hydrogen-bond donors (Lipinski definition) is 2. The summed E-state index contributed by atoms with van der Waals surface area (Å²) in [5, 5.41) is 6.82. The Bertz CT molecular complexity index is 480. The molecule has 5 nitrogen and oxygen atoms in total. The molecule has 1 atom stereocenters. The van der Waals surface area contributed by atoms with E-state index in [1.54, 1.807) is 0 Å². The van der Waals surface area contributed by atoms with Gasteiger partial charge in [0.05, 0.1) is 6.54 Å². The van der Waals surface area contributed by atoms with Gasteiger partial charge in [0, 0.05) is 45.1 Å². The van der Waals surface area contributed by atoms with Gasteiger partial charge in [-0.2, -0.15) is 0 Å². The lowest BCUT2D eigenvalue weighted by Gasteiger charge is -2.35. The molecule has 1 aromatic heterocycles. The lowest BCUT2D eigenvalue weighted by Crippen LogP contribution is -2.45. The van der Waals surface area contributed by atoms with Gasteiger partial charge in [0.15, 0.2) is 5.96 Å². The van der Waals surface area contributed by atoms with Crippen LogP contribution >= 0.6 is 0 Å². The Morgan fingerprint density at radius 1 is 1.30 bits per heavy atom. The van der Waals surface area contributed by atoms with E-state index in [9.17, 15) is 0 Å². The number of hydrogen-bond acceptors (Lipinski definition) is 2. The average Bonchev–Trinajstić information content (AvgIpc) is 2.98. The maximum atomic E-state index is 4.68. The molecule has 0 bridgehead atoms. The van der Waals surface area contributed by atoms with E-state index in [4.69, 9.17) is 0 Å². The fourth-order valence-corrected chi connectivity index (χ4v) is 3.30. The summed E-state index contributed by atoms with van der Waals surface area (Å²) in [6.45, 7) is 9.34. The van der Waals surface area contributed by atoms with Crippen molar-refractivity contribution in [3.8, 4) is 0 Å². The molecule has 2 heterocycles. The van der Waals surface area contributed by atoms with Crippen LogP contribution in [0.5, 0.6) is 0 Å². The summed E-state index contributed by atoms with van der Waals surface area (Å²) in [5.41, 5.74) is 1.24. The molecular weight excluding hydrogens is 286 g/mol. The van der Waals surface area contributed by atoms with E-state index in [2.05, 4.69) is 57.4 Å². The molecule has 23 heavy (non-hydrogen) atoms. The van der Waals surface area contributed by atoms with Gasteiger partial charge in [-0.1, -0.05) is 13.3 Å². The van der Waals surface area contributed by atoms with Crippen molar-refractivity contribution < 1.29 is 0 Å². The minimum Gasteiger partial charge on any atom is -0.357 e. The van der Waals surface area contributed by atoms with E-state index in [0.717, 1.165) is 38.2 Å². The Morgan fingerprint density at radius 2 is 2.17 bits per heavy atom. The monoisotopic (exact) mass is 319 g/mol. The molecule has 1 aliphatic heterocycles. The number of aliphatic imine (C=N–C) groups is 1. The zero-order chi connectivity index (χ0) is 16.5. The second-order valence-corrected chi connectivity index (χ2v) is 6.40. The number of aryl methyl sites for hydroxylation is 1. The zero-order valence-electron chi connectivity index (χ0n) is 15.0. The third-order valence-electron chi connectivity index (χ3n) is 4.57. The molecule has 0 amide bonds. The summed E-state index contributed by atoms with van der Waals surface area (Å²) < 4.78 is 2.06. The van der Waals surface area contributed by atoms with Crippen LogP contribution < -0.4 is 10.6 Å². The van der Waals surface area contributed by atoms with Gasteiger partial charge in [0.25, 0.3) is 0 Å². The first kappa shape index (κ1) is 17.9. The highest BCUT2D eigenvalue weighted by Gasteiger charge is 2.19. The van der Waals surface area contributed by atoms with Crippen molar-refractivity contribution in [1.29, 1.82) is 0 Å². The van der Waals surface area contributed by atoms with Gasteiger partial charge in [-0.15, -0.1) is 0 Å². The summed E-state index contributed by atoms with van der Waals surface area (Å²) in [7, 11) is 2.04. The van der Waals surface area contributed by atoms with Crippen molar-refractivity contribution in [2.75, 3.05) is 26.2 Å². The van der Waals surface area contributed by atoms with Crippen molar-refractivity contribution in [2.24, 2.45) is 12.0 Å². The maximum absolute atomic E-state index is 4.68. The molecule has 0 saturated carbocycles. The van der Waals surface area contributed by atoms with Crippen LogP contribution in [-0.2, 0) is 13.6 Å². The number of guanidine groups is 1. The Labute approximate surface area is 141 Å². The van der Waals surface area contributed by atoms with Crippen molar-refractivity contribution >= 4 is 5.96 Å². The predicted molar refractivity (Wildman–Crippen MR) is 97.7 cm³/mol. The Hall–Kier alpha value is -1.49. The van der Waals surface area contributed by atoms with Gasteiger partial charge in [0.2, 0.25) is 0 Å². The van der Waals surface area contributed by atoms with Crippen LogP contribution in [0.25, 0.3) is 0 Å². The number of likely N-dealkylation sites (tertiary alicyclic amines) is 1. The molecule has 2 N–H and O–H groups in total. The van der Waals surface area contributed by atoms with E-state index in [1.165, 1.54) is 37.8 Å². The van der Waals surface area contributed by atoms with Crippen LogP contribution in [0.3, 0.4) is 0 Å². The van der Waals surface area contributed by atoms with Gasteiger partial charge in [0.1, 0.15) is 0 Å². The average molecular weight is 319 g/mol. The Morgan fingerprint density at radius 3 is 2.87 bits per heavy atom. The van der Waals surface area contributed by atoms with Gasteiger partial charge in [-0.25, -0.2) is 4.99 Å². The Balaban J connectivity index is 1.79. The van der Waals surface area contributed by atoms with Gasteiger partial charge < -0.3 is 15.2 Å². The molecule has 2 rings (SSSR count). The van der Waals surface area contributed by atoms with Gasteiger partial charge in [-0.3, -0.25) is 4.90 Å². The highest BCUT2D eigenvalue weighted by molar-refractivity contribution is 5.79. The molecule has 0 spiro atoms. The van der Waals surface area contributed by atoms with Crippen molar-refractivity contribution in [3.63, 3.8) is 0 Å². The van der Waals surface area contributed by atoms with Gasteiger partial charge >= 0.3 is 0 Å². The first-order valence-corrected chi connectivity index (χ1v) is 9.10. The molecule has 1 unspecified atom stereocenters. The molecule has 1 aliphatic rings. The standard InChI is InChI=1S/C18H33N5/c1-4-17-8-6-7-11-23(17)13-10-20-18(19-5-2)21-14-16-9-12-22(3)15-16/h9,12,15,17H,4-8,10-11,13-14H2,1-3H3,(H2,19,20,21). The molecule has 0 aliphatic carbocycles. The van der Waals surface area contributed by atoms with Crippen LogP contribution in [0.1, 0.15) is 45.1 Å². The molecule has 1 fully saturated rings. The van der Waals surface area contributed by atoms with Crippen LogP contribution in [0, 0.1) is 0 Å². The first-order chi connectivity index (χ1) is 11.2. The predicted octanol–water partition coefficient (Wildman–Crippen LogP) is 2.34. The minimum absolute atomic E-state index is 0.720. The molecule has 0 aromatic carbocycles. The third kappa shape index (κ3) is 5.90. The maximum Gasteiger partial charge on any atom is 0.191 e. The molecule has 130 valence electrons. The van der Waals surface area contributed by atoms with Crippen LogP contribution in [0.2, 0.25) is 0 Å². The van der Waals surface area contributed by atoms with E-state index in [1.807, 2.05) is 7.05 Å². The highest BCUT2D eigenvalue weighted by atomic mass is 15.2. The Kier molecular flexibility index (Phi) is 7.46.